The van der Waals surface area contributed by atoms with Crippen molar-refractivity contribution in [2.45, 2.75) is 27.3 Å². The van der Waals surface area contributed by atoms with E-state index >= 15 is 0 Å². The Morgan fingerprint density at radius 2 is 2.25 bits per heavy atom. The average molecular weight is 225 g/mol. The first-order valence-electron chi connectivity index (χ1n) is 5.87. The quantitative estimate of drug-likeness (QED) is 0.717. The Bertz CT molecular complexity index is 296. The van der Waals surface area contributed by atoms with Gasteiger partial charge in [-0.1, -0.05) is 13.8 Å². The minimum Gasteiger partial charge on any atom is -0.447 e. The number of likely N-dealkylation sites (N-methyl/N-ethyl adjacent to an activating group) is 1. The van der Waals surface area contributed by atoms with Crippen LogP contribution < -0.4 is 5.32 Å². The molecule has 0 saturated heterocycles. The SMILES string of the molecule is Cc1ncoc1CN(C)CCNCC(C)C. The molecule has 1 aromatic heterocycles. The van der Waals surface area contributed by atoms with E-state index in [4.69, 9.17) is 4.42 Å². The maximum absolute atomic E-state index is 5.31. The van der Waals surface area contributed by atoms with Gasteiger partial charge in [0.2, 0.25) is 0 Å². The summed E-state index contributed by atoms with van der Waals surface area (Å²) in [6.07, 6.45) is 1.51. The molecule has 0 aliphatic rings. The van der Waals surface area contributed by atoms with Gasteiger partial charge in [0.05, 0.1) is 12.2 Å². The summed E-state index contributed by atoms with van der Waals surface area (Å²) in [4.78, 5) is 6.32. The van der Waals surface area contributed by atoms with Gasteiger partial charge in [-0.05, 0) is 26.4 Å². The Labute approximate surface area is 98.0 Å². The van der Waals surface area contributed by atoms with E-state index in [0.717, 1.165) is 37.6 Å². The summed E-state index contributed by atoms with van der Waals surface area (Å²) in [7, 11) is 2.10. The first kappa shape index (κ1) is 13.2. The Balaban J connectivity index is 2.16. The summed E-state index contributed by atoms with van der Waals surface area (Å²) in [6.45, 7) is 10.4. The summed E-state index contributed by atoms with van der Waals surface area (Å²) in [5.74, 6) is 1.67. The van der Waals surface area contributed by atoms with Gasteiger partial charge in [-0.2, -0.15) is 0 Å². The Morgan fingerprint density at radius 3 is 2.81 bits per heavy atom. The first-order chi connectivity index (χ1) is 7.59. The standard InChI is InChI=1S/C12H23N3O/c1-10(2)7-13-5-6-15(4)8-12-11(3)14-9-16-12/h9-10,13H,5-8H2,1-4H3. The number of hydrogen-bond donors (Lipinski definition) is 1. The van der Waals surface area contributed by atoms with E-state index in [2.05, 4.69) is 36.1 Å². The number of aryl methyl sites for hydroxylation is 1. The maximum Gasteiger partial charge on any atom is 0.181 e. The van der Waals surface area contributed by atoms with Gasteiger partial charge in [0.1, 0.15) is 5.76 Å². The molecular weight excluding hydrogens is 202 g/mol. The molecule has 0 aliphatic carbocycles. The van der Waals surface area contributed by atoms with Gasteiger partial charge in [0, 0.05) is 13.1 Å². The van der Waals surface area contributed by atoms with Crippen molar-refractivity contribution in [3.05, 3.63) is 17.8 Å². The summed E-state index contributed by atoms with van der Waals surface area (Å²) >= 11 is 0. The zero-order valence-corrected chi connectivity index (χ0v) is 10.8. The van der Waals surface area contributed by atoms with Crippen LogP contribution in [0.5, 0.6) is 0 Å². The Morgan fingerprint density at radius 1 is 1.50 bits per heavy atom. The largest absolute Gasteiger partial charge is 0.447 e. The highest BCUT2D eigenvalue weighted by Crippen LogP contribution is 2.07. The van der Waals surface area contributed by atoms with E-state index in [-0.39, 0.29) is 0 Å². The average Bonchev–Trinajstić information content (AvgIpc) is 2.59. The molecule has 16 heavy (non-hydrogen) atoms. The van der Waals surface area contributed by atoms with Crippen molar-refractivity contribution < 1.29 is 4.42 Å². The fourth-order valence-corrected chi connectivity index (χ4v) is 1.46. The lowest BCUT2D eigenvalue weighted by Crippen LogP contribution is -2.30. The van der Waals surface area contributed by atoms with Crippen molar-refractivity contribution in [1.82, 2.24) is 15.2 Å². The van der Waals surface area contributed by atoms with Crippen LogP contribution in [0.4, 0.5) is 0 Å². The normalized spacial score (nSPS) is 11.6. The molecule has 0 fully saturated rings. The molecule has 4 nitrogen and oxygen atoms in total. The molecule has 0 radical (unpaired) electrons. The lowest BCUT2D eigenvalue weighted by atomic mass is 10.2. The molecule has 1 N–H and O–H groups in total. The van der Waals surface area contributed by atoms with Gasteiger partial charge < -0.3 is 9.73 Å². The molecule has 0 unspecified atom stereocenters. The van der Waals surface area contributed by atoms with Crippen molar-refractivity contribution in [3.8, 4) is 0 Å². The van der Waals surface area contributed by atoms with Gasteiger partial charge in [-0.25, -0.2) is 4.98 Å². The van der Waals surface area contributed by atoms with E-state index in [9.17, 15) is 0 Å². The van der Waals surface area contributed by atoms with E-state index in [1.165, 1.54) is 6.39 Å². The molecule has 0 bridgehead atoms. The van der Waals surface area contributed by atoms with Crippen molar-refractivity contribution in [2.24, 2.45) is 5.92 Å². The zero-order valence-electron chi connectivity index (χ0n) is 10.8. The second kappa shape index (κ2) is 6.66. The molecule has 92 valence electrons. The van der Waals surface area contributed by atoms with Gasteiger partial charge >= 0.3 is 0 Å². The molecule has 1 aromatic rings. The Kier molecular flexibility index (Phi) is 5.49. The number of oxazole rings is 1. The fraction of sp³-hybridized carbons (Fsp3) is 0.750. The highest BCUT2D eigenvalue weighted by atomic mass is 16.3. The highest BCUT2D eigenvalue weighted by Gasteiger charge is 2.06. The first-order valence-corrected chi connectivity index (χ1v) is 5.87. The summed E-state index contributed by atoms with van der Waals surface area (Å²) < 4.78 is 5.31. The van der Waals surface area contributed by atoms with Crippen molar-refractivity contribution in [1.29, 1.82) is 0 Å². The molecule has 0 amide bonds. The number of rotatable bonds is 7. The number of nitrogens with one attached hydrogen (secondary N) is 1. The third kappa shape index (κ3) is 4.77. The number of aromatic nitrogens is 1. The molecule has 1 heterocycles. The molecule has 4 heteroatoms. The van der Waals surface area contributed by atoms with E-state index in [1.807, 2.05) is 6.92 Å². The maximum atomic E-state index is 5.31. The van der Waals surface area contributed by atoms with Crippen LogP contribution in [0.25, 0.3) is 0 Å². The topological polar surface area (TPSA) is 41.3 Å². The Hall–Kier alpha value is -0.870. The monoisotopic (exact) mass is 225 g/mol. The lowest BCUT2D eigenvalue weighted by molar-refractivity contribution is 0.291. The van der Waals surface area contributed by atoms with Crippen LogP contribution in [-0.4, -0.2) is 36.6 Å². The third-order valence-corrected chi connectivity index (χ3v) is 2.48. The van der Waals surface area contributed by atoms with E-state index in [1.54, 1.807) is 0 Å². The van der Waals surface area contributed by atoms with Crippen LogP contribution in [0.2, 0.25) is 0 Å². The summed E-state index contributed by atoms with van der Waals surface area (Å²) in [5, 5.41) is 3.42. The predicted molar refractivity (Wildman–Crippen MR) is 65.3 cm³/mol. The number of nitrogens with zero attached hydrogens (tertiary/aromatic N) is 2. The van der Waals surface area contributed by atoms with Crippen LogP contribution in [0.1, 0.15) is 25.3 Å². The number of hydrogen-bond acceptors (Lipinski definition) is 4. The van der Waals surface area contributed by atoms with Gasteiger partial charge in [0.15, 0.2) is 6.39 Å². The fourth-order valence-electron chi connectivity index (χ4n) is 1.46. The van der Waals surface area contributed by atoms with E-state index in [0.29, 0.717) is 5.92 Å². The summed E-state index contributed by atoms with van der Waals surface area (Å²) in [5.41, 5.74) is 0.988. The molecule has 0 atom stereocenters. The van der Waals surface area contributed by atoms with Crippen LogP contribution in [0.3, 0.4) is 0 Å². The molecule has 1 rings (SSSR count). The van der Waals surface area contributed by atoms with E-state index < -0.39 is 0 Å². The molecule has 0 saturated carbocycles. The second-order valence-corrected chi connectivity index (χ2v) is 4.70. The lowest BCUT2D eigenvalue weighted by Gasteiger charge is -2.16. The van der Waals surface area contributed by atoms with Crippen LogP contribution in [-0.2, 0) is 6.54 Å². The highest BCUT2D eigenvalue weighted by molar-refractivity contribution is 5.03. The molecule has 0 aliphatic heterocycles. The minimum atomic E-state index is 0.710. The van der Waals surface area contributed by atoms with Crippen molar-refractivity contribution in [3.63, 3.8) is 0 Å². The van der Waals surface area contributed by atoms with Crippen LogP contribution in [0, 0.1) is 12.8 Å². The smallest absolute Gasteiger partial charge is 0.181 e. The predicted octanol–water partition coefficient (Wildman–Crippen LogP) is 1.66. The van der Waals surface area contributed by atoms with Gasteiger partial charge in [0.25, 0.3) is 0 Å². The molecule has 0 spiro atoms. The minimum absolute atomic E-state index is 0.710. The van der Waals surface area contributed by atoms with Crippen molar-refractivity contribution in [2.75, 3.05) is 26.7 Å². The van der Waals surface area contributed by atoms with Gasteiger partial charge in [-0.3, -0.25) is 4.90 Å². The molecular formula is C12H23N3O. The van der Waals surface area contributed by atoms with Crippen LogP contribution >= 0.6 is 0 Å². The second-order valence-electron chi connectivity index (χ2n) is 4.70. The summed E-state index contributed by atoms with van der Waals surface area (Å²) in [6, 6.07) is 0. The zero-order chi connectivity index (χ0) is 12.0. The molecule has 0 aromatic carbocycles. The third-order valence-electron chi connectivity index (χ3n) is 2.48. The van der Waals surface area contributed by atoms with Gasteiger partial charge in [-0.15, -0.1) is 0 Å². The van der Waals surface area contributed by atoms with Crippen molar-refractivity contribution >= 4 is 0 Å². The van der Waals surface area contributed by atoms with Crippen LogP contribution in [0.15, 0.2) is 10.8 Å².